The van der Waals surface area contributed by atoms with Gasteiger partial charge in [0.05, 0.1) is 10.6 Å². The molecule has 7 heteroatoms. The Hall–Kier alpha value is -1.99. The molecule has 1 heterocycles. The van der Waals surface area contributed by atoms with Gasteiger partial charge >= 0.3 is 0 Å². The van der Waals surface area contributed by atoms with Crippen molar-refractivity contribution in [2.45, 2.75) is 41.7 Å². The van der Waals surface area contributed by atoms with Crippen LogP contribution >= 0.6 is 11.8 Å². The van der Waals surface area contributed by atoms with Crippen LogP contribution in [-0.2, 0) is 21.2 Å². The predicted octanol–water partition coefficient (Wildman–Crippen LogP) is 3.87. The van der Waals surface area contributed by atoms with Gasteiger partial charge in [0.15, 0.2) is 0 Å². The molecule has 2 aromatic rings. The molecule has 1 aliphatic heterocycles. The fourth-order valence-corrected chi connectivity index (χ4v) is 4.76. The summed E-state index contributed by atoms with van der Waals surface area (Å²) in [7, 11) is -3.72. The van der Waals surface area contributed by atoms with Gasteiger partial charge in [-0.25, -0.2) is 8.42 Å². The number of thioether (sulfide) groups is 1. The molecule has 0 bridgehead atoms. The molecule has 0 spiro atoms. The quantitative estimate of drug-likeness (QED) is 0.849. The maximum Gasteiger partial charge on any atom is 0.261 e. The first-order valence-corrected chi connectivity index (χ1v) is 10.5. The van der Waals surface area contributed by atoms with Crippen molar-refractivity contribution in [2.24, 2.45) is 0 Å². The van der Waals surface area contributed by atoms with Crippen LogP contribution in [0.2, 0.25) is 0 Å². The number of rotatable bonds is 4. The standard InChI is InChI=1S/C18H20N2O3S2/c1-3-13-4-6-14(7-5-13)20-25(22,23)15-8-9-17-16(11-15)19-18(21)10-12(2)24-17/h4-9,11-12,20H,3,10H2,1-2H3,(H,19,21)/t12-/m1/s1. The Balaban J connectivity index is 1.88. The summed E-state index contributed by atoms with van der Waals surface area (Å²) in [4.78, 5) is 12.9. The van der Waals surface area contributed by atoms with Gasteiger partial charge in [-0.3, -0.25) is 9.52 Å². The van der Waals surface area contributed by atoms with Crippen molar-refractivity contribution >= 4 is 39.1 Å². The highest BCUT2D eigenvalue weighted by molar-refractivity contribution is 8.00. The summed E-state index contributed by atoms with van der Waals surface area (Å²) in [5.74, 6) is -0.101. The van der Waals surface area contributed by atoms with Crippen LogP contribution < -0.4 is 10.0 Å². The van der Waals surface area contributed by atoms with E-state index in [-0.39, 0.29) is 16.1 Å². The monoisotopic (exact) mass is 376 g/mol. The molecule has 5 nitrogen and oxygen atoms in total. The minimum absolute atomic E-state index is 0.101. The highest BCUT2D eigenvalue weighted by atomic mass is 32.2. The van der Waals surface area contributed by atoms with Gasteiger partial charge < -0.3 is 5.32 Å². The molecule has 2 aromatic carbocycles. The van der Waals surface area contributed by atoms with E-state index >= 15 is 0 Å². The lowest BCUT2D eigenvalue weighted by Crippen LogP contribution is -2.15. The van der Waals surface area contributed by atoms with Crippen molar-refractivity contribution in [3.8, 4) is 0 Å². The first-order valence-electron chi connectivity index (χ1n) is 8.09. The average Bonchev–Trinajstić information content (AvgIpc) is 2.70. The van der Waals surface area contributed by atoms with Crippen LogP contribution in [0.4, 0.5) is 11.4 Å². The highest BCUT2D eigenvalue weighted by Crippen LogP contribution is 2.36. The molecular weight excluding hydrogens is 356 g/mol. The van der Waals surface area contributed by atoms with Gasteiger partial charge in [0.25, 0.3) is 10.0 Å². The van der Waals surface area contributed by atoms with Crippen molar-refractivity contribution in [2.75, 3.05) is 10.0 Å². The molecule has 0 saturated heterocycles. The third-order valence-electron chi connectivity index (χ3n) is 3.95. The predicted molar refractivity (Wildman–Crippen MR) is 102 cm³/mol. The molecule has 0 aromatic heterocycles. The Labute approximate surface area is 152 Å². The molecule has 1 aliphatic rings. The average molecular weight is 377 g/mol. The minimum atomic E-state index is -3.72. The Bertz CT molecular complexity index is 893. The molecule has 1 amide bonds. The minimum Gasteiger partial charge on any atom is -0.325 e. The third kappa shape index (κ3) is 4.16. The number of sulfonamides is 1. The number of amides is 1. The Kier molecular flexibility index (Phi) is 5.06. The SMILES string of the molecule is CCc1ccc(NS(=O)(=O)c2ccc3c(c2)NC(=O)C[C@@H](C)S3)cc1. The van der Waals surface area contributed by atoms with Crippen molar-refractivity contribution in [1.29, 1.82) is 0 Å². The zero-order valence-corrected chi connectivity index (χ0v) is 15.7. The van der Waals surface area contributed by atoms with Gasteiger partial charge in [-0.05, 0) is 42.3 Å². The van der Waals surface area contributed by atoms with Crippen LogP contribution in [0.5, 0.6) is 0 Å². The smallest absolute Gasteiger partial charge is 0.261 e. The number of carbonyl (C=O) groups excluding carboxylic acids is 1. The second-order valence-corrected chi connectivity index (χ2v) is 9.16. The number of benzene rings is 2. The van der Waals surface area contributed by atoms with Gasteiger partial charge in [-0.15, -0.1) is 11.8 Å². The second kappa shape index (κ2) is 7.09. The molecule has 2 N–H and O–H groups in total. The number of fused-ring (bicyclic) bond motifs is 1. The Morgan fingerprint density at radius 1 is 1.20 bits per heavy atom. The van der Waals surface area contributed by atoms with Crippen molar-refractivity contribution in [3.63, 3.8) is 0 Å². The summed E-state index contributed by atoms with van der Waals surface area (Å²) < 4.78 is 27.9. The molecule has 25 heavy (non-hydrogen) atoms. The highest BCUT2D eigenvalue weighted by Gasteiger charge is 2.22. The van der Waals surface area contributed by atoms with Crippen molar-refractivity contribution in [3.05, 3.63) is 48.0 Å². The number of hydrogen-bond donors (Lipinski definition) is 2. The van der Waals surface area contributed by atoms with E-state index in [1.165, 1.54) is 6.07 Å². The summed E-state index contributed by atoms with van der Waals surface area (Å²) in [5.41, 5.74) is 2.20. The molecule has 3 rings (SSSR count). The number of nitrogens with one attached hydrogen (secondary N) is 2. The van der Waals surface area contributed by atoms with E-state index in [1.54, 1.807) is 36.0 Å². The normalized spacial score (nSPS) is 17.4. The zero-order chi connectivity index (χ0) is 18.0. The van der Waals surface area contributed by atoms with Crippen LogP contribution in [0.15, 0.2) is 52.3 Å². The summed E-state index contributed by atoms with van der Waals surface area (Å²) in [6.07, 6.45) is 1.30. The maximum absolute atomic E-state index is 12.6. The number of hydrogen-bond acceptors (Lipinski definition) is 4. The largest absolute Gasteiger partial charge is 0.325 e. The van der Waals surface area contributed by atoms with Crippen LogP contribution in [0, 0.1) is 0 Å². The fraction of sp³-hybridized carbons (Fsp3) is 0.278. The second-order valence-electron chi connectivity index (χ2n) is 5.99. The number of anilines is 2. The maximum atomic E-state index is 12.6. The van der Waals surface area contributed by atoms with E-state index in [0.29, 0.717) is 17.8 Å². The topological polar surface area (TPSA) is 75.3 Å². The molecule has 0 unspecified atom stereocenters. The van der Waals surface area contributed by atoms with E-state index < -0.39 is 10.0 Å². The molecule has 0 aliphatic carbocycles. The fourth-order valence-electron chi connectivity index (χ4n) is 2.62. The zero-order valence-electron chi connectivity index (χ0n) is 14.1. The Morgan fingerprint density at radius 2 is 1.92 bits per heavy atom. The van der Waals surface area contributed by atoms with Crippen LogP contribution in [0.3, 0.4) is 0 Å². The molecule has 0 fully saturated rings. The number of aryl methyl sites for hydroxylation is 1. The summed E-state index contributed by atoms with van der Waals surface area (Å²) in [5, 5.41) is 2.94. The van der Waals surface area contributed by atoms with Crippen molar-refractivity contribution in [1.82, 2.24) is 0 Å². The first-order chi connectivity index (χ1) is 11.9. The van der Waals surface area contributed by atoms with Crippen LogP contribution in [-0.4, -0.2) is 19.6 Å². The van der Waals surface area contributed by atoms with Gasteiger partial charge in [0.1, 0.15) is 0 Å². The van der Waals surface area contributed by atoms with E-state index in [4.69, 9.17) is 0 Å². The Morgan fingerprint density at radius 3 is 2.60 bits per heavy atom. The van der Waals surface area contributed by atoms with Gasteiger partial charge in [0, 0.05) is 22.3 Å². The molecule has 0 radical (unpaired) electrons. The molecular formula is C18H20N2O3S2. The van der Waals surface area contributed by atoms with Crippen molar-refractivity contribution < 1.29 is 13.2 Å². The van der Waals surface area contributed by atoms with Crippen LogP contribution in [0.1, 0.15) is 25.8 Å². The lowest BCUT2D eigenvalue weighted by molar-refractivity contribution is -0.116. The summed E-state index contributed by atoms with van der Waals surface area (Å²) in [6, 6.07) is 12.1. The third-order valence-corrected chi connectivity index (χ3v) is 6.51. The summed E-state index contributed by atoms with van der Waals surface area (Å²) in [6.45, 7) is 4.02. The van der Waals surface area contributed by atoms with E-state index in [9.17, 15) is 13.2 Å². The van der Waals surface area contributed by atoms with E-state index in [0.717, 1.165) is 16.9 Å². The summed E-state index contributed by atoms with van der Waals surface area (Å²) >= 11 is 1.57. The van der Waals surface area contributed by atoms with Crippen LogP contribution in [0.25, 0.3) is 0 Å². The lowest BCUT2D eigenvalue weighted by Gasteiger charge is -2.12. The molecule has 132 valence electrons. The van der Waals surface area contributed by atoms with Gasteiger partial charge in [-0.1, -0.05) is 26.0 Å². The molecule has 1 atom stereocenters. The van der Waals surface area contributed by atoms with E-state index in [1.807, 2.05) is 26.0 Å². The lowest BCUT2D eigenvalue weighted by atomic mass is 10.2. The van der Waals surface area contributed by atoms with E-state index in [2.05, 4.69) is 10.0 Å². The van der Waals surface area contributed by atoms with Gasteiger partial charge in [-0.2, -0.15) is 0 Å². The molecule has 0 saturated carbocycles. The first kappa shape index (κ1) is 17.8. The van der Waals surface area contributed by atoms with Gasteiger partial charge in [0.2, 0.25) is 5.91 Å². The number of carbonyl (C=O) groups is 1.